The third-order valence-electron chi connectivity index (χ3n) is 5.50. The molecule has 6 nitrogen and oxygen atoms in total. The van der Waals surface area contributed by atoms with Gasteiger partial charge in [-0.2, -0.15) is 5.10 Å². The topological polar surface area (TPSA) is 76.2 Å². The summed E-state index contributed by atoms with van der Waals surface area (Å²) in [6.45, 7) is 0. The van der Waals surface area contributed by atoms with Crippen molar-refractivity contribution in [1.29, 1.82) is 0 Å². The third kappa shape index (κ3) is 3.54. The van der Waals surface area contributed by atoms with Gasteiger partial charge in [0.15, 0.2) is 17.3 Å². The molecule has 1 fully saturated rings. The maximum atomic E-state index is 12.6. The number of hydrogen-bond acceptors (Lipinski definition) is 4. The largest absolute Gasteiger partial charge is 0.493 e. The van der Waals surface area contributed by atoms with Crippen LogP contribution in [0, 0.1) is 5.92 Å². The number of carbonyl (C=O) groups is 1. The van der Waals surface area contributed by atoms with Gasteiger partial charge >= 0.3 is 0 Å². The van der Waals surface area contributed by atoms with Crippen molar-refractivity contribution >= 4 is 22.6 Å². The smallest absolute Gasteiger partial charge is 0.228 e. The number of rotatable bonds is 5. The van der Waals surface area contributed by atoms with Crippen LogP contribution in [-0.2, 0) is 4.79 Å². The molecule has 1 amide bonds. The van der Waals surface area contributed by atoms with Gasteiger partial charge in [-0.05, 0) is 48.2 Å². The predicted molar refractivity (Wildman–Crippen MR) is 110 cm³/mol. The monoisotopic (exact) mass is 379 g/mol. The number of nitrogens with one attached hydrogen (secondary N) is 2. The van der Waals surface area contributed by atoms with Crippen molar-refractivity contribution in [3.8, 4) is 22.6 Å². The fraction of sp³-hybridized carbons (Fsp3) is 0.364. The quantitative estimate of drug-likeness (QED) is 0.670. The molecule has 1 aliphatic rings. The molecule has 0 atom stereocenters. The second kappa shape index (κ2) is 7.92. The van der Waals surface area contributed by atoms with Crippen LogP contribution < -0.4 is 14.8 Å². The molecule has 0 unspecified atom stereocenters. The molecule has 146 valence electrons. The predicted octanol–water partition coefficient (Wildman–Crippen LogP) is 4.77. The van der Waals surface area contributed by atoms with Crippen LogP contribution in [-0.4, -0.2) is 30.3 Å². The first-order valence-electron chi connectivity index (χ1n) is 9.71. The number of aromatic nitrogens is 2. The lowest BCUT2D eigenvalue weighted by molar-refractivity contribution is -0.120. The molecular formula is C22H25N3O3. The van der Waals surface area contributed by atoms with Gasteiger partial charge in [0.05, 0.1) is 19.7 Å². The molecule has 2 N–H and O–H groups in total. The number of amides is 1. The summed E-state index contributed by atoms with van der Waals surface area (Å²) in [5, 5.41) is 11.3. The summed E-state index contributed by atoms with van der Waals surface area (Å²) in [5.41, 5.74) is 2.91. The summed E-state index contributed by atoms with van der Waals surface area (Å²) in [6, 6.07) is 11.9. The molecule has 1 aliphatic carbocycles. The maximum Gasteiger partial charge on any atom is 0.228 e. The van der Waals surface area contributed by atoms with Crippen LogP contribution in [0.5, 0.6) is 11.5 Å². The van der Waals surface area contributed by atoms with Gasteiger partial charge in [-0.15, -0.1) is 0 Å². The summed E-state index contributed by atoms with van der Waals surface area (Å²) < 4.78 is 10.7. The Morgan fingerprint density at radius 1 is 1.00 bits per heavy atom. The standard InChI is InChI=1S/C22H25N3O3/c1-27-19-11-9-16(13-20(19)28-2)15-8-10-18-17(12-15)21(25-24-18)23-22(26)14-6-4-3-5-7-14/h8-14H,3-7H2,1-2H3,(H2,23,24,25,26). The molecule has 0 spiro atoms. The van der Waals surface area contributed by atoms with E-state index in [4.69, 9.17) is 9.47 Å². The Hall–Kier alpha value is -3.02. The third-order valence-corrected chi connectivity index (χ3v) is 5.50. The molecule has 1 saturated carbocycles. The van der Waals surface area contributed by atoms with Crippen molar-refractivity contribution in [2.75, 3.05) is 19.5 Å². The van der Waals surface area contributed by atoms with Gasteiger partial charge in [0, 0.05) is 11.3 Å². The molecule has 0 bridgehead atoms. The van der Waals surface area contributed by atoms with E-state index in [9.17, 15) is 4.79 Å². The Morgan fingerprint density at radius 2 is 1.71 bits per heavy atom. The maximum absolute atomic E-state index is 12.6. The number of methoxy groups -OCH3 is 2. The SMILES string of the molecule is COc1ccc(-c2ccc3[nH]nc(NC(=O)C4CCCCC4)c3c2)cc1OC. The van der Waals surface area contributed by atoms with Crippen LogP contribution in [0.25, 0.3) is 22.0 Å². The van der Waals surface area contributed by atoms with Crippen molar-refractivity contribution in [2.45, 2.75) is 32.1 Å². The number of aromatic amines is 1. The number of hydrogen-bond donors (Lipinski definition) is 2. The van der Waals surface area contributed by atoms with Crippen LogP contribution >= 0.6 is 0 Å². The number of benzene rings is 2. The van der Waals surface area contributed by atoms with E-state index in [1.807, 2.05) is 36.4 Å². The van der Waals surface area contributed by atoms with Gasteiger partial charge in [-0.1, -0.05) is 31.4 Å². The highest BCUT2D eigenvalue weighted by molar-refractivity contribution is 6.01. The first-order chi connectivity index (χ1) is 13.7. The van der Waals surface area contributed by atoms with E-state index in [-0.39, 0.29) is 11.8 Å². The van der Waals surface area contributed by atoms with E-state index >= 15 is 0 Å². The highest BCUT2D eigenvalue weighted by atomic mass is 16.5. The molecule has 28 heavy (non-hydrogen) atoms. The Kier molecular flexibility index (Phi) is 5.19. The second-order valence-electron chi connectivity index (χ2n) is 7.23. The Morgan fingerprint density at radius 3 is 2.46 bits per heavy atom. The fourth-order valence-electron chi connectivity index (χ4n) is 3.89. The number of H-pyrrole nitrogens is 1. The van der Waals surface area contributed by atoms with Gasteiger partial charge in [-0.3, -0.25) is 9.89 Å². The summed E-state index contributed by atoms with van der Waals surface area (Å²) in [4.78, 5) is 12.6. The second-order valence-corrected chi connectivity index (χ2v) is 7.23. The number of fused-ring (bicyclic) bond motifs is 1. The zero-order chi connectivity index (χ0) is 19.5. The Balaban J connectivity index is 1.63. The summed E-state index contributed by atoms with van der Waals surface area (Å²) >= 11 is 0. The van der Waals surface area contributed by atoms with Crippen LogP contribution in [0.4, 0.5) is 5.82 Å². The first-order valence-corrected chi connectivity index (χ1v) is 9.71. The summed E-state index contributed by atoms with van der Waals surface area (Å²) in [6.07, 6.45) is 5.41. The molecule has 2 aromatic carbocycles. The molecule has 3 aromatic rings. The lowest BCUT2D eigenvalue weighted by atomic mass is 9.88. The Bertz CT molecular complexity index is 990. The van der Waals surface area contributed by atoms with Crippen molar-refractivity contribution in [2.24, 2.45) is 5.92 Å². The molecule has 4 rings (SSSR count). The lowest BCUT2D eigenvalue weighted by Gasteiger charge is -2.20. The minimum Gasteiger partial charge on any atom is -0.493 e. The van der Waals surface area contributed by atoms with Crippen molar-refractivity contribution in [1.82, 2.24) is 10.2 Å². The summed E-state index contributed by atoms with van der Waals surface area (Å²) in [7, 11) is 3.25. The molecule has 1 aromatic heterocycles. The number of carbonyl (C=O) groups excluding carboxylic acids is 1. The van der Waals surface area contributed by atoms with E-state index in [1.54, 1.807) is 14.2 Å². The minimum absolute atomic E-state index is 0.0737. The van der Waals surface area contributed by atoms with E-state index in [0.29, 0.717) is 17.3 Å². The number of anilines is 1. The van der Waals surface area contributed by atoms with Crippen LogP contribution in [0.15, 0.2) is 36.4 Å². The van der Waals surface area contributed by atoms with E-state index in [2.05, 4.69) is 15.5 Å². The van der Waals surface area contributed by atoms with Crippen molar-refractivity contribution < 1.29 is 14.3 Å². The fourth-order valence-corrected chi connectivity index (χ4v) is 3.89. The molecular weight excluding hydrogens is 354 g/mol. The van der Waals surface area contributed by atoms with Crippen molar-refractivity contribution in [3.05, 3.63) is 36.4 Å². The van der Waals surface area contributed by atoms with Gasteiger partial charge in [0.1, 0.15) is 0 Å². The van der Waals surface area contributed by atoms with Crippen LogP contribution in [0.1, 0.15) is 32.1 Å². The zero-order valence-electron chi connectivity index (χ0n) is 16.2. The van der Waals surface area contributed by atoms with Crippen molar-refractivity contribution in [3.63, 3.8) is 0 Å². The number of nitrogens with zero attached hydrogens (tertiary/aromatic N) is 1. The highest BCUT2D eigenvalue weighted by Gasteiger charge is 2.22. The summed E-state index contributed by atoms with van der Waals surface area (Å²) in [5.74, 6) is 2.13. The first kappa shape index (κ1) is 18.3. The average molecular weight is 379 g/mol. The zero-order valence-corrected chi connectivity index (χ0v) is 16.2. The van der Waals surface area contributed by atoms with E-state index in [1.165, 1.54) is 6.42 Å². The molecule has 0 aliphatic heterocycles. The number of ether oxygens (including phenoxy) is 2. The van der Waals surface area contributed by atoms with Crippen LogP contribution in [0.2, 0.25) is 0 Å². The van der Waals surface area contributed by atoms with Gasteiger partial charge in [-0.25, -0.2) is 0 Å². The molecule has 6 heteroatoms. The van der Waals surface area contributed by atoms with Gasteiger partial charge in [0.25, 0.3) is 0 Å². The molecule has 1 heterocycles. The van der Waals surface area contributed by atoms with E-state index < -0.39 is 0 Å². The van der Waals surface area contributed by atoms with Gasteiger partial charge < -0.3 is 14.8 Å². The van der Waals surface area contributed by atoms with E-state index in [0.717, 1.165) is 47.7 Å². The Labute approximate surface area is 164 Å². The van der Waals surface area contributed by atoms with Gasteiger partial charge in [0.2, 0.25) is 5.91 Å². The molecule has 0 radical (unpaired) electrons. The lowest BCUT2D eigenvalue weighted by Crippen LogP contribution is -2.24. The normalized spacial score (nSPS) is 14.8. The molecule has 0 saturated heterocycles. The minimum atomic E-state index is 0.0737. The van der Waals surface area contributed by atoms with Crippen LogP contribution in [0.3, 0.4) is 0 Å². The highest BCUT2D eigenvalue weighted by Crippen LogP contribution is 2.34. The average Bonchev–Trinajstić information content (AvgIpc) is 3.15.